The summed E-state index contributed by atoms with van der Waals surface area (Å²) in [5, 5.41) is 10.3. The normalized spacial score (nSPS) is 20.4. The van der Waals surface area contributed by atoms with E-state index >= 15 is 0 Å². The molecule has 2 nitrogen and oxygen atoms in total. The van der Waals surface area contributed by atoms with Crippen LogP contribution < -0.4 is 5.73 Å². The van der Waals surface area contributed by atoms with Crippen molar-refractivity contribution in [1.82, 2.24) is 0 Å². The van der Waals surface area contributed by atoms with Crippen molar-refractivity contribution in [3.63, 3.8) is 0 Å². The monoisotopic (exact) mass is 251 g/mol. The summed E-state index contributed by atoms with van der Waals surface area (Å²) in [6.07, 6.45) is 4.23. The van der Waals surface area contributed by atoms with Gasteiger partial charge in [0.05, 0.1) is 5.60 Å². The van der Waals surface area contributed by atoms with Gasteiger partial charge in [-0.25, -0.2) is 0 Å². The van der Waals surface area contributed by atoms with Crippen LogP contribution in [0.3, 0.4) is 0 Å². The van der Waals surface area contributed by atoms with Crippen LogP contribution in [0.1, 0.15) is 44.2 Å². The van der Waals surface area contributed by atoms with Crippen LogP contribution >= 0.6 is 11.8 Å². The Labute approximate surface area is 108 Å². The molecule has 0 spiro atoms. The molecule has 1 saturated carbocycles. The Hall–Kier alpha value is -0.510. The number of benzene rings is 1. The van der Waals surface area contributed by atoms with Gasteiger partial charge in [0.15, 0.2) is 0 Å². The van der Waals surface area contributed by atoms with E-state index in [2.05, 4.69) is 18.2 Å². The highest BCUT2D eigenvalue weighted by Gasteiger charge is 2.30. The molecule has 1 fully saturated rings. The molecule has 1 unspecified atom stereocenters. The van der Waals surface area contributed by atoms with Crippen LogP contribution in [0.2, 0.25) is 0 Å². The van der Waals surface area contributed by atoms with Gasteiger partial charge in [0, 0.05) is 16.7 Å². The first kappa shape index (κ1) is 12.9. The first-order valence-electron chi connectivity index (χ1n) is 6.30. The molecule has 0 amide bonds. The topological polar surface area (TPSA) is 46.2 Å². The first-order chi connectivity index (χ1) is 8.09. The summed E-state index contributed by atoms with van der Waals surface area (Å²) in [6.45, 7) is 1.99. The molecule has 0 bridgehead atoms. The molecule has 2 rings (SSSR count). The molecule has 1 atom stereocenters. The number of hydrogen-bond donors (Lipinski definition) is 2. The quantitative estimate of drug-likeness (QED) is 0.808. The van der Waals surface area contributed by atoms with Gasteiger partial charge in [-0.15, -0.1) is 11.8 Å². The van der Waals surface area contributed by atoms with Gasteiger partial charge in [0.1, 0.15) is 0 Å². The molecule has 0 aliphatic heterocycles. The van der Waals surface area contributed by atoms with Gasteiger partial charge >= 0.3 is 0 Å². The molecule has 0 heterocycles. The maximum atomic E-state index is 10.3. The van der Waals surface area contributed by atoms with Crippen molar-refractivity contribution in [2.45, 2.75) is 49.1 Å². The zero-order chi connectivity index (χ0) is 12.3. The standard InChI is InChI=1S/C14H21NOS/c1-11(15)12-5-4-6-13(9-12)17-10-14(16)7-2-3-8-14/h4-6,9,11,16H,2-3,7-8,10,15H2,1H3. The largest absolute Gasteiger partial charge is 0.389 e. The Kier molecular flexibility index (Phi) is 4.13. The molecule has 1 aliphatic carbocycles. The van der Waals surface area contributed by atoms with E-state index < -0.39 is 5.60 Å². The third-order valence-corrected chi connectivity index (χ3v) is 4.69. The number of rotatable bonds is 4. The molecule has 1 aliphatic rings. The Bertz CT molecular complexity index is 372. The van der Waals surface area contributed by atoms with Gasteiger partial charge in [-0.05, 0) is 37.5 Å². The second-order valence-corrected chi connectivity index (χ2v) is 6.13. The molecule has 0 aromatic heterocycles. The van der Waals surface area contributed by atoms with Gasteiger partial charge < -0.3 is 10.8 Å². The Balaban J connectivity index is 1.96. The predicted octanol–water partition coefficient (Wildman–Crippen LogP) is 3.10. The molecule has 3 heteroatoms. The van der Waals surface area contributed by atoms with Crippen molar-refractivity contribution in [2.75, 3.05) is 5.75 Å². The van der Waals surface area contributed by atoms with Crippen molar-refractivity contribution in [3.8, 4) is 0 Å². The van der Waals surface area contributed by atoms with Gasteiger partial charge in [-0.1, -0.05) is 25.0 Å². The second kappa shape index (κ2) is 5.42. The second-order valence-electron chi connectivity index (χ2n) is 5.08. The lowest BCUT2D eigenvalue weighted by molar-refractivity contribution is 0.0732. The van der Waals surface area contributed by atoms with E-state index in [9.17, 15) is 5.11 Å². The van der Waals surface area contributed by atoms with Crippen LogP contribution in [0.4, 0.5) is 0 Å². The molecule has 1 aromatic carbocycles. The third kappa shape index (κ3) is 3.47. The SMILES string of the molecule is CC(N)c1cccc(SCC2(O)CCCC2)c1. The van der Waals surface area contributed by atoms with Crippen molar-refractivity contribution in [3.05, 3.63) is 29.8 Å². The zero-order valence-electron chi connectivity index (χ0n) is 10.4. The minimum absolute atomic E-state index is 0.0742. The summed E-state index contributed by atoms with van der Waals surface area (Å²) in [7, 11) is 0. The minimum atomic E-state index is -0.436. The summed E-state index contributed by atoms with van der Waals surface area (Å²) in [6, 6.07) is 8.39. The van der Waals surface area contributed by atoms with Crippen LogP contribution in [0, 0.1) is 0 Å². The summed E-state index contributed by atoms with van der Waals surface area (Å²) in [4.78, 5) is 1.21. The number of hydrogen-bond acceptors (Lipinski definition) is 3. The maximum absolute atomic E-state index is 10.3. The lowest BCUT2D eigenvalue weighted by atomic mass is 10.1. The molecular formula is C14H21NOS. The molecule has 17 heavy (non-hydrogen) atoms. The van der Waals surface area contributed by atoms with Crippen molar-refractivity contribution >= 4 is 11.8 Å². The molecule has 0 radical (unpaired) electrons. The minimum Gasteiger partial charge on any atom is -0.389 e. The van der Waals surface area contributed by atoms with Gasteiger partial charge in [-0.3, -0.25) is 0 Å². The van der Waals surface area contributed by atoms with E-state index in [0.717, 1.165) is 37.0 Å². The van der Waals surface area contributed by atoms with Crippen LogP contribution in [0.25, 0.3) is 0 Å². The molecule has 1 aromatic rings. The number of aliphatic hydroxyl groups is 1. The van der Waals surface area contributed by atoms with Gasteiger partial charge in [0.2, 0.25) is 0 Å². The van der Waals surface area contributed by atoms with Crippen LogP contribution in [-0.2, 0) is 0 Å². The molecular weight excluding hydrogens is 230 g/mol. The summed E-state index contributed by atoms with van der Waals surface area (Å²) in [5.74, 6) is 0.801. The van der Waals surface area contributed by atoms with Crippen molar-refractivity contribution < 1.29 is 5.11 Å². The van der Waals surface area contributed by atoms with Gasteiger partial charge in [-0.2, -0.15) is 0 Å². The summed E-state index contributed by atoms with van der Waals surface area (Å²) >= 11 is 1.74. The molecule has 0 saturated heterocycles. The Morgan fingerprint density at radius 1 is 1.41 bits per heavy atom. The van der Waals surface area contributed by atoms with Crippen LogP contribution in [0.5, 0.6) is 0 Å². The Morgan fingerprint density at radius 3 is 2.76 bits per heavy atom. The number of thioether (sulfide) groups is 1. The van der Waals surface area contributed by atoms with E-state index in [1.807, 2.05) is 13.0 Å². The lowest BCUT2D eigenvalue weighted by Crippen LogP contribution is -2.27. The Morgan fingerprint density at radius 2 is 2.12 bits per heavy atom. The average Bonchev–Trinajstić information content (AvgIpc) is 2.75. The molecule has 3 N–H and O–H groups in total. The zero-order valence-corrected chi connectivity index (χ0v) is 11.2. The van der Waals surface area contributed by atoms with Gasteiger partial charge in [0.25, 0.3) is 0 Å². The van der Waals surface area contributed by atoms with E-state index in [1.54, 1.807) is 11.8 Å². The average molecular weight is 251 g/mol. The van der Waals surface area contributed by atoms with E-state index in [4.69, 9.17) is 5.73 Å². The van der Waals surface area contributed by atoms with E-state index in [1.165, 1.54) is 4.90 Å². The summed E-state index contributed by atoms with van der Waals surface area (Å²) < 4.78 is 0. The van der Waals surface area contributed by atoms with E-state index in [0.29, 0.717) is 0 Å². The third-order valence-electron chi connectivity index (χ3n) is 3.43. The maximum Gasteiger partial charge on any atom is 0.0741 e. The molecule has 94 valence electrons. The first-order valence-corrected chi connectivity index (χ1v) is 7.28. The highest BCUT2D eigenvalue weighted by atomic mass is 32.2. The van der Waals surface area contributed by atoms with Crippen LogP contribution in [0.15, 0.2) is 29.2 Å². The van der Waals surface area contributed by atoms with Crippen LogP contribution in [-0.4, -0.2) is 16.5 Å². The highest BCUT2D eigenvalue weighted by molar-refractivity contribution is 7.99. The van der Waals surface area contributed by atoms with Crippen molar-refractivity contribution in [2.24, 2.45) is 5.73 Å². The fourth-order valence-corrected chi connectivity index (χ4v) is 3.40. The summed E-state index contributed by atoms with van der Waals surface area (Å²) in [5.41, 5.74) is 6.59. The van der Waals surface area contributed by atoms with E-state index in [-0.39, 0.29) is 6.04 Å². The fraction of sp³-hybridized carbons (Fsp3) is 0.571. The number of nitrogens with two attached hydrogens (primary N) is 1. The lowest BCUT2D eigenvalue weighted by Gasteiger charge is -2.21. The highest BCUT2D eigenvalue weighted by Crippen LogP contribution is 2.35. The fourth-order valence-electron chi connectivity index (χ4n) is 2.28. The van der Waals surface area contributed by atoms with Crippen molar-refractivity contribution in [1.29, 1.82) is 0 Å². The smallest absolute Gasteiger partial charge is 0.0741 e. The predicted molar refractivity (Wildman–Crippen MR) is 73.2 cm³/mol.